The van der Waals surface area contributed by atoms with E-state index in [-0.39, 0.29) is 0 Å². The maximum Gasteiger partial charge on any atom is 0.129 e. The minimum Gasteiger partial charge on any atom is -0.457 e. The first-order valence-corrected chi connectivity index (χ1v) is 6.32. The van der Waals surface area contributed by atoms with E-state index in [9.17, 15) is 5.11 Å². The predicted molar refractivity (Wildman–Crippen MR) is 77.7 cm³/mol. The van der Waals surface area contributed by atoms with E-state index in [2.05, 4.69) is 5.32 Å². The summed E-state index contributed by atoms with van der Waals surface area (Å²) in [5, 5.41) is 12.9. The third-order valence-electron chi connectivity index (χ3n) is 2.54. The molecule has 0 bridgehead atoms. The van der Waals surface area contributed by atoms with Crippen molar-refractivity contribution < 1.29 is 9.84 Å². The van der Waals surface area contributed by atoms with E-state index in [4.69, 9.17) is 4.74 Å². The van der Waals surface area contributed by atoms with Gasteiger partial charge in [-0.2, -0.15) is 0 Å². The molecular formula is C16H19NO2. The van der Waals surface area contributed by atoms with Gasteiger partial charge in [0.2, 0.25) is 0 Å². The highest BCUT2D eigenvalue weighted by Crippen LogP contribution is 2.24. The van der Waals surface area contributed by atoms with Crippen LogP contribution in [0.15, 0.2) is 54.6 Å². The molecule has 0 aliphatic carbocycles. The molecule has 0 fully saturated rings. The Balaban J connectivity index is 2.03. The zero-order valence-electron chi connectivity index (χ0n) is 11.3. The molecule has 3 nitrogen and oxygen atoms in total. The lowest BCUT2D eigenvalue weighted by Gasteiger charge is -2.18. The van der Waals surface area contributed by atoms with E-state index in [1.165, 1.54) is 0 Å². The molecule has 0 amide bonds. The summed E-state index contributed by atoms with van der Waals surface area (Å²) in [5.41, 5.74) is 0.187. The highest BCUT2D eigenvalue weighted by Gasteiger charge is 2.11. The number of ether oxygens (including phenoxy) is 1. The van der Waals surface area contributed by atoms with E-state index < -0.39 is 5.60 Å². The van der Waals surface area contributed by atoms with Crippen LogP contribution < -0.4 is 10.1 Å². The lowest BCUT2D eigenvalue weighted by molar-refractivity contribution is 0.0945. The summed E-state index contributed by atoms with van der Waals surface area (Å²) in [5.74, 6) is 1.58. The van der Waals surface area contributed by atoms with Crippen LogP contribution in [0.2, 0.25) is 0 Å². The van der Waals surface area contributed by atoms with Gasteiger partial charge in [-0.15, -0.1) is 0 Å². The molecule has 2 aromatic rings. The SMILES string of the molecule is CC(C)(O)CNc1cccc(Oc2ccccc2)c1. The third-order valence-corrected chi connectivity index (χ3v) is 2.54. The Hall–Kier alpha value is -2.00. The molecule has 19 heavy (non-hydrogen) atoms. The monoisotopic (exact) mass is 257 g/mol. The van der Waals surface area contributed by atoms with Gasteiger partial charge < -0.3 is 15.2 Å². The second-order valence-corrected chi connectivity index (χ2v) is 5.11. The van der Waals surface area contributed by atoms with Gasteiger partial charge in [0.15, 0.2) is 0 Å². The maximum absolute atomic E-state index is 9.69. The fraction of sp³-hybridized carbons (Fsp3) is 0.250. The molecule has 2 aromatic carbocycles. The second kappa shape index (κ2) is 5.76. The van der Waals surface area contributed by atoms with Crippen molar-refractivity contribution in [3.63, 3.8) is 0 Å². The molecule has 0 aliphatic heterocycles. The van der Waals surface area contributed by atoms with Gasteiger partial charge in [0, 0.05) is 18.3 Å². The summed E-state index contributed by atoms with van der Waals surface area (Å²) in [4.78, 5) is 0. The minimum atomic E-state index is -0.740. The molecule has 3 heteroatoms. The molecule has 0 atom stereocenters. The first-order chi connectivity index (χ1) is 9.03. The number of anilines is 1. The van der Waals surface area contributed by atoms with E-state index in [1.54, 1.807) is 13.8 Å². The van der Waals surface area contributed by atoms with Crippen LogP contribution in [-0.4, -0.2) is 17.3 Å². The minimum absolute atomic E-state index is 0.488. The molecule has 0 radical (unpaired) electrons. The molecule has 2 rings (SSSR count). The molecule has 2 N–H and O–H groups in total. The molecule has 0 unspecified atom stereocenters. The van der Waals surface area contributed by atoms with Gasteiger partial charge in [0.1, 0.15) is 11.5 Å². The zero-order chi connectivity index (χ0) is 13.7. The van der Waals surface area contributed by atoms with Gasteiger partial charge in [-0.25, -0.2) is 0 Å². The van der Waals surface area contributed by atoms with Crippen molar-refractivity contribution in [3.05, 3.63) is 54.6 Å². The summed E-state index contributed by atoms with van der Waals surface area (Å²) >= 11 is 0. The number of hydrogen-bond donors (Lipinski definition) is 2. The van der Waals surface area contributed by atoms with E-state index in [0.717, 1.165) is 17.2 Å². The van der Waals surface area contributed by atoms with Crippen molar-refractivity contribution in [2.75, 3.05) is 11.9 Å². The van der Waals surface area contributed by atoms with Gasteiger partial charge in [-0.3, -0.25) is 0 Å². The normalized spacial score (nSPS) is 11.1. The molecule has 0 aliphatic rings. The largest absolute Gasteiger partial charge is 0.457 e. The summed E-state index contributed by atoms with van der Waals surface area (Å²) in [6.45, 7) is 4.02. The van der Waals surface area contributed by atoms with Crippen LogP contribution in [0.3, 0.4) is 0 Å². The van der Waals surface area contributed by atoms with Crippen LogP contribution in [0, 0.1) is 0 Å². The smallest absolute Gasteiger partial charge is 0.129 e. The number of para-hydroxylation sites is 1. The summed E-state index contributed by atoms with van der Waals surface area (Å²) in [7, 11) is 0. The van der Waals surface area contributed by atoms with Crippen LogP contribution in [0.5, 0.6) is 11.5 Å². The quantitative estimate of drug-likeness (QED) is 0.859. The number of hydrogen-bond acceptors (Lipinski definition) is 3. The van der Waals surface area contributed by atoms with Crippen LogP contribution in [0.25, 0.3) is 0 Å². The Labute approximate surface area is 113 Å². The average Bonchev–Trinajstić information content (AvgIpc) is 2.37. The van der Waals surface area contributed by atoms with Crippen molar-refractivity contribution in [1.82, 2.24) is 0 Å². The Morgan fingerprint density at radius 2 is 1.68 bits per heavy atom. The van der Waals surface area contributed by atoms with Crippen molar-refractivity contribution in [2.24, 2.45) is 0 Å². The van der Waals surface area contributed by atoms with E-state index in [1.807, 2.05) is 54.6 Å². The summed E-state index contributed by atoms with van der Waals surface area (Å²) in [6, 6.07) is 17.3. The summed E-state index contributed by atoms with van der Waals surface area (Å²) in [6.07, 6.45) is 0. The maximum atomic E-state index is 9.69. The molecule has 0 spiro atoms. The topological polar surface area (TPSA) is 41.5 Å². The van der Waals surface area contributed by atoms with Crippen molar-refractivity contribution in [3.8, 4) is 11.5 Å². The van der Waals surface area contributed by atoms with Crippen LogP contribution in [0.1, 0.15) is 13.8 Å². The number of nitrogens with one attached hydrogen (secondary N) is 1. The lowest BCUT2D eigenvalue weighted by atomic mass is 10.1. The van der Waals surface area contributed by atoms with Crippen molar-refractivity contribution in [1.29, 1.82) is 0 Å². The number of benzene rings is 2. The molecule has 100 valence electrons. The third kappa shape index (κ3) is 4.64. The molecule has 0 saturated carbocycles. The van der Waals surface area contributed by atoms with E-state index in [0.29, 0.717) is 6.54 Å². The first kappa shape index (κ1) is 13.4. The van der Waals surface area contributed by atoms with Crippen LogP contribution >= 0.6 is 0 Å². The standard InChI is InChI=1S/C16H19NO2/c1-16(2,18)12-17-13-7-6-10-15(11-13)19-14-8-4-3-5-9-14/h3-11,17-18H,12H2,1-2H3. The fourth-order valence-electron chi connectivity index (χ4n) is 1.61. The molecule has 0 heterocycles. The van der Waals surface area contributed by atoms with Crippen molar-refractivity contribution >= 4 is 5.69 Å². The second-order valence-electron chi connectivity index (χ2n) is 5.11. The van der Waals surface area contributed by atoms with E-state index >= 15 is 0 Å². The Morgan fingerprint density at radius 1 is 1.00 bits per heavy atom. The average molecular weight is 257 g/mol. The predicted octanol–water partition coefficient (Wildman–Crippen LogP) is 3.66. The van der Waals surface area contributed by atoms with Crippen molar-refractivity contribution in [2.45, 2.75) is 19.4 Å². The first-order valence-electron chi connectivity index (χ1n) is 6.32. The highest BCUT2D eigenvalue weighted by atomic mass is 16.5. The number of aliphatic hydroxyl groups is 1. The molecule has 0 saturated heterocycles. The zero-order valence-corrected chi connectivity index (χ0v) is 11.3. The molecular weight excluding hydrogens is 238 g/mol. The Morgan fingerprint density at radius 3 is 2.37 bits per heavy atom. The van der Waals surface area contributed by atoms with Gasteiger partial charge >= 0.3 is 0 Å². The molecule has 0 aromatic heterocycles. The van der Waals surface area contributed by atoms with Gasteiger partial charge in [-0.1, -0.05) is 24.3 Å². The Kier molecular flexibility index (Phi) is 4.07. The Bertz CT molecular complexity index is 518. The summed E-state index contributed by atoms with van der Waals surface area (Å²) < 4.78 is 5.75. The van der Waals surface area contributed by atoms with Crippen LogP contribution in [-0.2, 0) is 0 Å². The van der Waals surface area contributed by atoms with Gasteiger partial charge in [0.25, 0.3) is 0 Å². The van der Waals surface area contributed by atoms with Crippen LogP contribution in [0.4, 0.5) is 5.69 Å². The fourth-order valence-corrected chi connectivity index (χ4v) is 1.61. The number of rotatable bonds is 5. The lowest BCUT2D eigenvalue weighted by Crippen LogP contribution is -2.29. The van der Waals surface area contributed by atoms with Gasteiger partial charge in [0.05, 0.1) is 5.60 Å². The van der Waals surface area contributed by atoms with Gasteiger partial charge in [-0.05, 0) is 38.1 Å². The highest BCUT2D eigenvalue weighted by molar-refractivity contribution is 5.49.